The molecule has 20 heavy (non-hydrogen) atoms. The minimum Gasteiger partial charge on any atom is -0.383 e. The topological polar surface area (TPSA) is 79.4 Å². The second kappa shape index (κ2) is 7.77. The van der Waals surface area contributed by atoms with E-state index in [4.69, 9.17) is 10.00 Å². The summed E-state index contributed by atoms with van der Waals surface area (Å²) >= 11 is 3.01. The van der Waals surface area contributed by atoms with Crippen molar-refractivity contribution < 1.29 is 14.1 Å². The Kier molecular flexibility index (Phi) is 6.35. The Labute approximate surface area is 124 Å². The minimum atomic E-state index is -0.701. The van der Waals surface area contributed by atoms with Gasteiger partial charge in [-0.1, -0.05) is 0 Å². The average Bonchev–Trinajstić information content (AvgIpc) is 2.41. The van der Waals surface area contributed by atoms with Crippen LogP contribution in [0, 0.1) is 27.3 Å². The van der Waals surface area contributed by atoms with E-state index in [2.05, 4.69) is 15.9 Å². The standard InChI is InChI=1S/C12H13BrFN3O3/c1-20-6-5-16(4-2-3-15)11-7-9(13)10(14)8-12(11)17(18)19/h7-8H,2,4-6H2,1H3. The van der Waals surface area contributed by atoms with Crippen LogP contribution in [-0.4, -0.2) is 31.7 Å². The third kappa shape index (κ3) is 4.15. The molecule has 0 amide bonds. The number of benzene rings is 1. The zero-order valence-corrected chi connectivity index (χ0v) is 12.4. The first-order valence-corrected chi connectivity index (χ1v) is 6.54. The number of methoxy groups -OCH3 is 1. The molecule has 0 aliphatic rings. The Hall–Kier alpha value is -1.72. The largest absolute Gasteiger partial charge is 0.383 e. The SMILES string of the molecule is COCCN(CCC#N)c1cc(Br)c(F)cc1[N+](=O)[O-]. The molecule has 0 aliphatic heterocycles. The molecule has 108 valence electrons. The van der Waals surface area contributed by atoms with Crippen molar-refractivity contribution in [1.29, 1.82) is 5.26 Å². The summed E-state index contributed by atoms with van der Waals surface area (Å²) in [5.41, 5.74) is -0.0738. The molecule has 0 fully saturated rings. The van der Waals surface area contributed by atoms with Gasteiger partial charge in [0.25, 0.3) is 5.69 Å². The molecule has 0 spiro atoms. The molecular formula is C12H13BrFN3O3. The van der Waals surface area contributed by atoms with Crippen LogP contribution in [-0.2, 0) is 4.74 Å². The lowest BCUT2D eigenvalue weighted by atomic mass is 10.2. The normalized spacial score (nSPS) is 10.1. The minimum absolute atomic E-state index is 0.137. The van der Waals surface area contributed by atoms with Crippen LogP contribution in [0.3, 0.4) is 0 Å². The number of nitrogens with zero attached hydrogens (tertiary/aromatic N) is 3. The van der Waals surface area contributed by atoms with Gasteiger partial charge < -0.3 is 9.64 Å². The molecule has 0 unspecified atom stereocenters. The number of halogens is 2. The van der Waals surface area contributed by atoms with Crippen molar-refractivity contribution in [1.82, 2.24) is 0 Å². The molecule has 6 nitrogen and oxygen atoms in total. The molecule has 0 aliphatic carbocycles. The van der Waals surface area contributed by atoms with Gasteiger partial charge in [-0.2, -0.15) is 5.26 Å². The van der Waals surface area contributed by atoms with Gasteiger partial charge in [-0.3, -0.25) is 10.1 Å². The van der Waals surface area contributed by atoms with E-state index in [0.29, 0.717) is 19.7 Å². The summed E-state index contributed by atoms with van der Waals surface area (Å²) in [4.78, 5) is 12.0. The molecule has 1 aromatic carbocycles. The fourth-order valence-electron chi connectivity index (χ4n) is 1.66. The fourth-order valence-corrected chi connectivity index (χ4v) is 2.00. The number of hydrogen-bond donors (Lipinski definition) is 0. The van der Waals surface area contributed by atoms with E-state index in [9.17, 15) is 14.5 Å². The van der Waals surface area contributed by atoms with Gasteiger partial charge in [0.05, 0.1) is 34.6 Å². The third-order valence-electron chi connectivity index (χ3n) is 2.61. The first kappa shape index (κ1) is 16.3. The van der Waals surface area contributed by atoms with Gasteiger partial charge in [0, 0.05) is 20.2 Å². The van der Waals surface area contributed by atoms with E-state index < -0.39 is 10.7 Å². The zero-order valence-electron chi connectivity index (χ0n) is 10.8. The highest BCUT2D eigenvalue weighted by atomic mass is 79.9. The summed E-state index contributed by atoms with van der Waals surface area (Å²) in [7, 11) is 1.51. The van der Waals surface area contributed by atoms with Gasteiger partial charge in [-0.15, -0.1) is 0 Å². The lowest BCUT2D eigenvalue weighted by molar-refractivity contribution is -0.384. The van der Waals surface area contributed by atoms with Crippen molar-refractivity contribution in [3.63, 3.8) is 0 Å². The van der Waals surface area contributed by atoms with Crippen LogP contribution in [0.4, 0.5) is 15.8 Å². The molecule has 1 rings (SSSR count). The Bertz CT molecular complexity index is 533. The van der Waals surface area contributed by atoms with Crippen LogP contribution in [0.25, 0.3) is 0 Å². The predicted molar refractivity (Wildman–Crippen MR) is 75.1 cm³/mol. The molecule has 1 aromatic rings. The van der Waals surface area contributed by atoms with E-state index in [1.54, 1.807) is 4.90 Å². The van der Waals surface area contributed by atoms with Crippen LogP contribution in [0.15, 0.2) is 16.6 Å². The number of nitro benzene ring substituents is 1. The van der Waals surface area contributed by atoms with Crippen molar-refractivity contribution >= 4 is 27.3 Å². The molecule has 0 atom stereocenters. The maximum atomic E-state index is 13.4. The van der Waals surface area contributed by atoms with E-state index in [1.165, 1.54) is 13.2 Å². The van der Waals surface area contributed by atoms with E-state index >= 15 is 0 Å². The highest BCUT2D eigenvalue weighted by molar-refractivity contribution is 9.10. The highest BCUT2D eigenvalue weighted by Crippen LogP contribution is 2.33. The maximum Gasteiger partial charge on any atom is 0.295 e. The van der Waals surface area contributed by atoms with Crippen LogP contribution < -0.4 is 4.90 Å². The van der Waals surface area contributed by atoms with Gasteiger partial charge in [0.15, 0.2) is 0 Å². The van der Waals surface area contributed by atoms with Crippen molar-refractivity contribution in [3.8, 4) is 6.07 Å². The van der Waals surface area contributed by atoms with Gasteiger partial charge in [0.1, 0.15) is 11.5 Å². The van der Waals surface area contributed by atoms with Crippen molar-refractivity contribution in [2.75, 3.05) is 31.7 Å². The first-order chi connectivity index (χ1) is 9.51. The van der Waals surface area contributed by atoms with Crippen molar-refractivity contribution in [3.05, 3.63) is 32.5 Å². The van der Waals surface area contributed by atoms with Gasteiger partial charge in [0.2, 0.25) is 0 Å². The van der Waals surface area contributed by atoms with E-state index in [0.717, 1.165) is 6.07 Å². The monoisotopic (exact) mass is 345 g/mol. The summed E-state index contributed by atoms with van der Waals surface area (Å²) in [5.74, 6) is -0.701. The first-order valence-electron chi connectivity index (χ1n) is 5.75. The maximum absolute atomic E-state index is 13.4. The quantitative estimate of drug-likeness (QED) is 0.560. The Morgan fingerprint density at radius 2 is 2.25 bits per heavy atom. The summed E-state index contributed by atoms with van der Waals surface area (Å²) in [6.45, 7) is 1.02. The van der Waals surface area contributed by atoms with E-state index in [-0.39, 0.29) is 22.3 Å². The third-order valence-corrected chi connectivity index (χ3v) is 3.22. The summed E-state index contributed by atoms with van der Waals surface area (Å²) in [6.07, 6.45) is 0.204. The number of ether oxygens (including phenoxy) is 1. The van der Waals surface area contributed by atoms with Crippen molar-refractivity contribution in [2.45, 2.75) is 6.42 Å². The fraction of sp³-hybridized carbons (Fsp3) is 0.417. The number of anilines is 1. The number of nitriles is 1. The van der Waals surface area contributed by atoms with Gasteiger partial charge >= 0.3 is 0 Å². The summed E-state index contributed by atoms with van der Waals surface area (Å²) in [5, 5.41) is 19.7. The average molecular weight is 346 g/mol. The second-order valence-corrected chi connectivity index (χ2v) is 4.75. The smallest absolute Gasteiger partial charge is 0.295 e. The predicted octanol–water partition coefficient (Wildman–Crippen LogP) is 2.86. The molecule has 0 radical (unpaired) electrons. The van der Waals surface area contributed by atoms with Crippen LogP contribution >= 0.6 is 15.9 Å². The van der Waals surface area contributed by atoms with Crippen LogP contribution in [0.1, 0.15) is 6.42 Å². The van der Waals surface area contributed by atoms with Crippen LogP contribution in [0.5, 0.6) is 0 Å². The van der Waals surface area contributed by atoms with Gasteiger partial charge in [-0.25, -0.2) is 4.39 Å². The number of rotatable bonds is 7. The molecule has 0 heterocycles. The van der Waals surface area contributed by atoms with Crippen LogP contribution in [0.2, 0.25) is 0 Å². The lowest BCUT2D eigenvalue weighted by Crippen LogP contribution is -2.29. The molecular weight excluding hydrogens is 333 g/mol. The summed E-state index contributed by atoms with van der Waals surface area (Å²) < 4.78 is 18.5. The molecule has 0 aromatic heterocycles. The Balaban J connectivity index is 3.19. The molecule has 0 bridgehead atoms. The van der Waals surface area contributed by atoms with Crippen molar-refractivity contribution in [2.24, 2.45) is 0 Å². The number of hydrogen-bond acceptors (Lipinski definition) is 5. The molecule has 0 saturated heterocycles. The highest BCUT2D eigenvalue weighted by Gasteiger charge is 2.22. The van der Waals surface area contributed by atoms with E-state index in [1.807, 2.05) is 6.07 Å². The summed E-state index contributed by atoms with van der Waals surface area (Å²) in [6, 6.07) is 4.20. The Morgan fingerprint density at radius 1 is 1.55 bits per heavy atom. The molecule has 0 saturated carbocycles. The molecule has 0 N–H and O–H groups in total. The zero-order chi connectivity index (χ0) is 15.1. The number of nitro groups is 1. The lowest BCUT2D eigenvalue weighted by Gasteiger charge is -2.23. The molecule has 8 heteroatoms. The second-order valence-electron chi connectivity index (χ2n) is 3.90. The van der Waals surface area contributed by atoms with Gasteiger partial charge in [-0.05, 0) is 22.0 Å². The Morgan fingerprint density at radius 3 is 2.80 bits per heavy atom.